The van der Waals surface area contributed by atoms with Crippen LogP contribution >= 0.6 is 0 Å². The molecule has 1 heterocycles. The molecule has 2 atom stereocenters. The second-order valence-corrected chi connectivity index (χ2v) is 6.16. The summed E-state index contributed by atoms with van der Waals surface area (Å²) in [5.74, 6) is -0.209. The van der Waals surface area contributed by atoms with Gasteiger partial charge < -0.3 is 16.0 Å². The lowest BCUT2D eigenvalue weighted by Crippen LogP contribution is -2.51. The second kappa shape index (κ2) is 6.37. The van der Waals surface area contributed by atoms with Crippen molar-refractivity contribution in [2.24, 2.45) is 11.7 Å². The Bertz CT molecular complexity index is 342. The van der Waals surface area contributed by atoms with E-state index in [1.807, 2.05) is 25.7 Å². The number of nitrogens with two attached hydrogens (primary N) is 1. The van der Waals surface area contributed by atoms with E-state index in [9.17, 15) is 9.59 Å². The fourth-order valence-corrected chi connectivity index (χ4v) is 2.39. The second-order valence-electron chi connectivity index (χ2n) is 6.16. The number of amides is 2. The smallest absolute Gasteiger partial charge is 0.225 e. The molecule has 110 valence electrons. The van der Waals surface area contributed by atoms with Gasteiger partial charge in [0.25, 0.3) is 0 Å². The van der Waals surface area contributed by atoms with Crippen molar-refractivity contribution < 1.29 is 9.59 Å². The van der Waals surface area contributed by atoms with Gasteiger partial charge in [0.15, 0.2) is 0 Å². The van der Waals surface area contributed by atoms with Gasteiger partial charge in [-0.1, -0.05) is 13.3 Å². The quantitative estimate of drug-likeness (QED) is 0.751. The lowest BCUT2D eigenvalue weighted by Gasteiger charge is -2.27. The summed E-state index contributed by atoms with van der Waals surface area (Å²) in [6, 6.07) is 0.220. The number of hydrogen-bond donors (Lipinski definition) is 2. The van der Waals surface area contributed by atoms with Crippen molar-refractivity contribution in [2.45, 2.75) is 58.5 Å². The first-order chi connectivity index (χ1) is 8.80. The maximum Gasteiger partial charge on any atom is 0.225 e. The predicted molar refractivity (Wildman–Crippen MR) is 75.5 cm³/mol. The molecular formula is C14H27N3O2. The Hall–Kier alpha value is -1.10. The molecule has 5 heteroatoms. The van der Waals surface area contributed by atoms with Gasteiger partial charge in [-0.15, -0.1) is 0 Å². The first-order valence-electron chi connectivity index (χ1n) is 7.12. The molecule has 1 saturated heterocycles. The molecule has 1 fully saturated rings. The van der Waals surface area contributed by atoms with E-state index in [4.69, 9.17) is 5.73 Å². The zero-order valence-electron chi connectivity index (χ0n) is 12.5. The maximum atomic E-state index is 12.1. The molecule has 19 heavy (non-hydrogen) atoms. The molecule has 0 aromatic carbocycles. The highest BCUT2D eigenvalue weighted by molar-refractivity contribution is 5.89. The van der Waals surface area contributed by atoms with Crippen molar-refractivity contribution in [3.05, 3.63) is 0 Å². The molecule has 0 radical (unpaired) electrons. The van der Waals surface area contributed by atoms with Crippen molar-refractivity contribution in [3.63, 3.8) is 0 Å². The predicted octanol–water partition coefficient (Wildman–Crippen LogP) is 0.877. The minimum absolute atomic E-state index is 0.0602. The van der Waals surface area contributed by atoms with Crippen LogP contribution in [0.4, 0.5) is 0 Å². The van der Waals surface area contributed by atoms with Crippen LogP contribution in [0.15, 0.2) is 0 Å². The summed E-state index contributed by atoms with van der Waals surface area (Å²) in [6.45, 7) is 8.84. The van der Waals surface area contributed by atoms with Gasteiger partial charge in [-0.25, -0.2) is 0 Å². The van der Waals surface area contributed by atoms with E-state index in [1.54, 1.807) is 0 Å². The minimum Gasteiger partial charge on any atom is -0.350 e. The van der Waals surface area contributed by atoms with Crippen LogP contribution in [-0.4, -0.2) is 41.4 Å². The summed E-state index contributed by atoms with van der Waals surface area (Å²) in [4.78, 5) is 25.9. The van der Waals surface area contributed by atoms with Crippen molar-refractivity contribution in [3.8, 4) is 0 Å². The third kappa shape index (κ3) is 4.20. The maximum absolute atomic E-state index is 12.1. The molecule has 0 bridgehead atoms. The van der Waals surface area contributed by atoms with Crippen LogP contribution in [0.1, 0.15) is 47.0 Å². The van der Waals surface area contributed by atoms with E-state index in [1.165, 1.54) is 0 Å². The summed E-state index contributed by atoms with van der Waals surface area (Å²) in [5, 5.41) is 2.92. The average molecular weight is 269 g/mol. The summed E-state index contributed by atoms with van der Waals surface area (Å²) >= 11 is 0. The van der Waals surface area contributed by atoms with E-state index in [0.717, 1.165) is 12.8 Å². The zero-order valence-corrected chi connectivity index (χ0v) is 12.5. The zero-order chi connectivity index (χ0) is 14.6. The van der Waals surface area contributed by atoms with E-state index in [-0.39, 0.29) is 23.8 Å². The van der Waals surface area contributed by atoms with Gasteiger partial charge in [0.05, 0.1) is 5.92 Å². The summed E-state index contributed by atoms with van der Waals surface area (Å²) < 4.78 is 0. The van der Waals surface area contributed by atoms with Crippen LogP contribution in [0.5, 0.6) is 0 Å². The first-order valence-corrected chi connectivity index (χ1v) is 7.12. The highest BCUT2D eigenvalue weighted by atomic mass is 16.2. The summed E-state index contributed by atoms with van der Waals surface area (Å²) in [6.07, 6.45) is 2.34. The van der Waals surface area contributed by atoms with Crippen LogP contribution in [-0.2, 0) is 9.59 Å². The highest BCUT2D eigenvalue weighted by Gasteiger charge is 2.37. The molecule has 0 aliphatic carbocycles. The first kappa shape index (κ1) is 16.0. The topological polar surface area (TPSA) is 75.4 Å². The number of carbonyl (C=O) groups is 2. The standard InChI is InChI=1S/C14H27N3O2/c1-5-6-10(2)17-8-11(7-12(17)18)13(19)16-14(3,4)9-15/h10-11H,5-9,15H2,1-4H3,(H,16,19). The largest absolute Gasteiger partial charge is 0.350 e. The van der Waals surface area contributed by atoms with Gasteiger partial charge in [-0.05, 0) is 27.2 Å². The molecule has 0 spiro atoms. The Morgan fingerprint density at radius 3 is 2.74 bits per heavy atom. The third-order valence-electron chi connectivity index (χ3n) is 3.74. The van der Waals surface area contributed by atoms with Crippen molar-refractivity contribution in [1.82, 2.24) is 10.2 Å². The van der Waals surface area contributed by atoms with E-state index in [2.05, 4.69) is 12.2 Å². The summed E-state index contributed by atoms with van der Waals surface area (Å²) in [5.41, 5.74) is 5.19. The van der Waals surface area contributed by atoms with Crippen LogP contribution in [0.3, 0.4) is 0 Å². The number of nitrogens with zero attached hydrogens (tertiary/aromatic N) is 1. The Kier molecular flexibility index (Phi) is 5.35. The minimum atomic E-state index is -0.414. The van der Waals surface area contributed by atoms with E-state index < -0.39 is 5.54 Å². The number of hydrogen-bond acceptors (Lipinski definition) is 3. The van der Waals surface area contributed by atoms with Gasteiger partial charge in [-0.2, -0.15) is 0 Å². The van der Waals surface area contributed by atoms with Crippen LogP contribution in [0.25, 0.3) is 0 Å². The lowest BCUT2D eigenvalue weighted by molar-refractivity contribution is -0.130. The molecule has 2 amide bonds. The van der Waals surface area contributed by atoms with Gasteiger partial charge in [-0.3, -0.25) is 9.59 Å². The SMILES string of the molecule is CCCC(C)N1CC(C(=O)NC(C)(C)CN)CC1=O. The molecule has 0 aromatic heterocycles. The van der Waals surface area contributed by atoms with Crippen LogP contribution in [0, 0.1) is 5.92 Å². The molecule has 1 aliphatic rings. The Balaban J connectivity index is 2.59. The molecular weight excluding hydrogens is 242 g/mol. The molecule has 5 nitrogen and oxygen atoms in total. The number of rotatable bonds is 6. The van der Waals surface area contributed by atoms with Gasteiger partial charge in [0.2, 0.25) is 11.8 Å². The Morgan fingerprint density at radius 2 is 2.21 bits per heavy atom. The van der Waals surface area contributed by atoms with Crippen molar-refractivity contribution in [2.75, 3.05) is 13.1 Å². The van der Waals surface area contributed by atoms with E-state index in [0.29, 0.717) is 19.5 Å². The average Bonchev–Trinajstić information content (AvgIpc) is 2.71. The van der Waals surface area contributed by atoms with E-state index >= 15 is 0 Å². The van der Waals surface area contributed by atoms with Crippen LogP contribution < -0.4 is 11.1 Å². The summed E-state index contributed by atoms with van der Waals surface area (Å²) in [7, 11) is 0. The third-order valence-corrected chi connectivity index (χ3v) is 3.74. The van der Waals surface area contributed by atoms with Gasteiger partial charge in [0, 0.05) is 31.1 Å². The Morgan fingerprint density at radius 1 is 1.58 bits per heavy atom. The molecule has 1 rings (SSSR count). The number of carbonyl (C=O) groups excluding carboxylic acids is 2. The fourth-order valence-electron chi connectivity index (χ4n) is 2.39. The van der Waals surface area contributed by atoms with Crippen LogP contribution in [0.2, 0.25) is 0 Å². The Labute approximate surface area is 115 Å². The molecule has 0 saturated carbocycles. The lowest BCUT2D eigenvalue weighted by atomic mass is 10.0. The molecule has 2 unspecified atom stereocenters. The highest BCUT2D eigenvalue weighted by Crippen LogP contribution is 2.22. The monoisotopic (exact) mass is 269 g/mol. The van der Waals surface area contributed by atoms with Crippen molar-refractivity contribution in [1.29, 1.82) is 0 Å². The normalized spacial score (nSPS) is 21.6. The molecule has 1 aliphatic heterocycles. The fraction of sp³-hybridized carbons (Fsp3) is 0.857. The molecule has 3 N–H and O–H groups in total. The van der Waals surface area contributed by atoms with Crippen molar-refractivity contribution >= 4 is 11.8 Å². The van der Waals surface area contributed by atoms with Gasteiger partial charge >= 0.3 is 0 Å². The number of likely N-dealkylation sites (tertiary alicyclic amines) is 1. The number of nitrogens with one attached hydrogen (secondary N) is 1. The molecule has 0 aromatic rings. The van der Waals surface area contributed by atoms with Gasteiger partial charge in [0.1, 0.15) is 0 Å².